The quantitative estimate of drug-likeness (QED) is 0.615. The second kappa shape index (κ2) is 5.22. The second-order valence-electron chi connectivity index (χ2n) is 1.28. The molecule has 0 rings (SSSR count). The Hall–Kier alpha value is 0.420. The fourth-order valence-electron chi connectivity index (χ4n) is 0.283. The summed E-state index contributed by atoms with van der Waals surface area (Å²) in [6.07, 6.45) is 1.52. The minimum Gasteiger partial charge on any atom is -0.404 e. The summed E-state index contributed by atoms with van der Waals surface area (Å²) in [6.45, 7) is 2.75. The number of hydrogen-bond donors (Lipinski definition) is 1. The first kappa shape index (κ1) is 9.42. The monoisotopic (exact) mass is 302 g/mol. The number of allylic oxidation sites excluding steroid dienone is 1. The fraction of sp³-hybridized carbons (Fsp3) is 0.400. The van der Waals surface area contributed by atoms with E-state index in [4.69, 9.17) is 5.73 Å². The Kier molecular flexibility index (Phi) is 5.47. The molecule has 0 aromatic carbocycles. The van der Waals surface area contributed by atoms with E-state index in [1.807, 2.05) is 6.92 Å². The summed E-state index contributed by atoms with van der Waals surface area (Å²) in [5, 5.41) is 0. The first-order valence-corrected chi connectivity index (χ1v) is 4.37. The Morgan fingerprint density at radius 3 is 2.78 bits per heavy atom. The van der Waals surface area contributed by atoms with Gasteiger partial charge in [0.2, 0.25) is 0 Å². The molecular formula is C5H8BrIN2. The van der Waals surface area contributed by atoms with Crippen LogP contribution in [0.15, 0.2) is 14.8 Å². The Morgan fingerprint density at radius 2 is 2.44 bits per heavy atom. The molecule has 0 aliphatic heterocycles. The van der Waals surface area contributed by atoms with E-state index in [-0.39, 0.29) is 0 Å². The normalized spacial score (nSPS) is 14.1. The van der Waals surface area contributed by atoms with Crippen LogP contribution in [0.3, 0.4) is 0 Å². The van der Waals surface area contributed by atoms with Crippen LogP contribution in [-0.2, 0) is 0 Å². The third-order valence-corrected chi connectivity index (χ3v) is 2.93. The maximum Gasteiger partial charge on any atom is 0.115 e. The average Bonchev–Trinajstić information content (AvgIpc) is 1.87. The van der Waals surface area contributed by atoms with Gasteiger partial charge in [-0.15, -0.1) is 0 Å². The Labute approximate surface area is 76.9 Å². The molecule has 52 valence electrons. The highest BCUT2D eigenvalue weighted by Gasteiger charge is 1.94. The van der Waals surface area contributed by atoms with Crippen molar-refractivity contribution in [2.24, 2.45) is 10.7 Å². The molecule has 0 bridgehead atoms. The van der Waals surface area contributed by atoms with Crippen molar-refractivity contribution in [1.29, 1.82) is 0 Å². The van der Waals surface area contributed by atoms with E-state index >= 15 is 0 Å². The van der Waals surface area contributed by atoms with Crippen LogP contribution in [0, 0.1) is 0 Å². The van der Waals surface area contributed by atoms with Crippen molar-refractivity contribution in [1.82, 2.24) is 0 Å². The zero-order valence-corrected chi connectivity index (χ0v) is 8.81. The van der Waals surface area contributed by atoms with Gasteiger partial charge in [0, 0.05) is 12.7 Å². The number of halogens is 2. The van der Waals surface area contributed by atoms with E-state index in [0.29, 0.717) is 0 Å². The topological polar surface area (TPSA) is 38.4 Å². The van der Waals surface area contributed by atoms with E-state index in [9.17, 15) is 0 Å². The van der Waals surface area contributed by atoms with Crippen LogP contribution in [0.1, 0.15) is 6.92 Å². The lowest BCUT2D eigenvalue weighted by atomic mass is 10.6. The lowest BCUT2D eigenvalue weighted by Crippen LogP contribution is -1.90. The van der Waals surface area contributed by atoms with Gasteiger partial charge in [-0.1, -0.05) is 0 Å². The van der Waals surface area contributed by atoms with Crippen LogP contribution >= 0.6 is 38.5 Å². The van der Waals surface area contributed by atoms with E-state index < -0.39 is 0 Å². The van der Waals surface area contributed by atoms with Crippen LogP contribution in [0.25, 0.3) is 0 Å². The van der Waals surface area contributed by atoms with E-state index in [0.717, 1.165) is 14.7 Å². The zero-order valence-electron chi connectivity index (χ0n) is 5.06. The third-order valence-electron chi connectivity index (χ3n) is 0.640. The standard InChI is InChI=1S/C5H8BrIN2/c1-2-9-5(6)4(7)3-8/h3H,2,8H2,1H3. The summed E-state index contributed by atoms with van der Waals surface area (Å²) in [5.41, 5.74) is 5.22. The van der Waals surface area contributed by atoms with Crippen LogP contribution in [-0.4, -0.2) is 11.2 Å². The Morgan fingerprint density at radius 1 is 1.89 bits per heavy atom. The van der Waals surface area contributed by atoms with Crippen LogP contribution in [0.2, 0.25) is 0 Å². The molecule has 0 saturated heterocycles. The molecule has 0 radical (unpaired) electrons. The average molecular weight is 303 g/mol. The third kappa shape index (κ3) is 3.91. The fourth-order valence-corrected chi connectivity index (χ4v) is 0.837. The van der Waals surface area contributed by atoms with Crippen molar-refractivity contribution >= 4 is 43.1 Å². The zero-order chi connectivity index (χ0) is 7.28. The maximum absolute atomic E-state index is 5.22. The van der Waals surface area contributed by atoms with Crippen LogP contribution in [0.5, 0.6) is 0 Å². The molecule has 9 heavy (non-hydrogen) atoms. The van der Waals surface area contributed by atoms with Gasteiger partial charge in [-0.25, -0.2) is 0 Å². The number of aliphatic imine (C=N–C) groups is 1. The number of nitrogens with zero attached hydrogens (tertiary/aromatic N) is 1. The minimum atomic E-state index is 0.779. The first-order valence-electron chi connectivity index (χ1n) is 2.50. The van der Waals surface area contributed by atoms with Gasteiger partial charge < -0.3 is 5.73 Å². The number of nitrogens with two attached hydrogens (primary N) is 1. The molecule has 0 heterocycles. The van der Waals surface area contributed by atoms with E-state index in [1.165, 1.54) is 6.20 Å². The second-order valence-corrected chi connectivity index (χ2v) is 3.19. The lowest BCUT2D eigenvalue weighted by Gasteiger charge is -1.91. The molecule has 4 heteroatoms. The molecule has 0 aliphatic rings. The maximum atomic E-state index is 5.22. The highest BCUT2D eigenvalue weighted by atomic mass is 127. The van der Waals surface area contributed by atoms with Crippen molar-refractivity contribution in [3.8, 4) is 0 Å². The van der Waals surface area contributed by atoms with Gasteiger partial charge >= 0.3 is 0 Å². The Balaban J connectivity index is 4.03. The largest absolute Gasteiger partial charge is 0.404 e. The minimum absolute atomic E-state index is 0.779. The molecule has 0 amide bonds. The summed E-state index contributed by atoms with van der Waals surface area (Å²) in [4.78, 5) is 4.07. The highest BCUT2D eigenvalue weighted by Crippen LogP contribution is 2.11. The van der Waals surface area contributed by atoms with Gasteiger partial charge in [0.05, 0.1) is 3.58 Å². The number of rotatable bonds is 2. The van der Waals surface area contributed by atoms with Crippen molar-refractivity contribution in [3.63, 3.8) is 0 Å². The van der Waals surface area contributed by atoms with Gasteiger partial charge in [-0.3, -0.25) is 4.99 Å². The molecule has 0 saturated carbocycles. The van der Waals surface area contributed by atoms with Crippen LogP contribution < -0.4 is 5.73 Å². The van der Waals surface area contributed by atoms with Crippen molar-refractivity contribution in [3.05, 3.63) is 9.78 Å². The molecule has 0 aromatic heterocycles. The van der Waals surface area contributed by atoms with Gasteiger partial charge in [0.15, 0.2) is 0 Å². The molecule has 2 nitrogen and oxygen atoms in total. The highest BCUT2D eigenvalue weighted by molar-refractivity contribution is 14.1. The Bertz CT molecular complexity index is 142. The van der Waals surface area contributed by atoms with Gasteiger partial charge in [-0.05, 0) is 45.4 Å². The summed E-state index contributed by atoms with van der Waals surface area (Å²) >= 11 is 5.37. The van der Waals surface area contributed by atoms with Crippen LogP contribution in [0.4, 0.5) is 0 Å². The molecule has 0 fully saturated rings. The predicted octanol–water partition coefficient (Wildman–Crippen LogP) is 2.03. The molecule has 0 aliphatic carbocycles. The first-order chi connectivity index (χ1) is 4.22. The summed E-state index contributed by atoms with van der Waals surface area (Å²) in [5.74, 6) is 0. The molecular weight excluding hydrogens is 295 g/mol. The molecule has 2 N–H and O–H groups in total. The SMILES string of the molecule is CCN=C(Br)C(I)=CN. The van der Waals surface area contributed by atoms with Gasteiger partial charge in [-0.2, -0.15) is 0 Å². The summed E-state index contributed by atoms with van der Waals surface area (Å²) in [7, 11) is 0. The molecule has 0 atom stereocenters. The van der Waals surface area contributed by atoms with Gasteiger partial charge in [0.25, 0.3) is 0 Å². The summed E-state index contributed by atoms with van der Waals surface area (Å²) < 4.78 is 1.77. The smallest absolute Gasteiger partial charge is 0.115 e. The van der Waals surface area contributed by atoms with Crippen molar-refractivity contribution in [2.75, 3.05) is 6.54 Å². The molecule has 0 unspecified atom stereocenters. The predicted molar refractivity (Wildman–Crippen MR) is 53.2 cm³/mol. The number of hydrogen-bond acceptors (Lipinski definition) is 2. The van der Waals surface area contributed by atoms with E-state index in [1.54, 1.807) is 0 Å². The molecule has 0 spiro atoms. The summed E-state index contributed by atoms with van der Waals surface area (Å²) in [6, 6.07) is 0. The van der Waals surface area contributed by atoms with E-state index in [2.05, 4.69) is 43.5 Å². The van der Waals surface area contributed by atoms with Crippen molar-refractivity contribution < 1.29 is 0 Å². The van der Waals surface area contributed by atoms with Gasteiger partial charge in [0.1, 0.15) is 4.62 Å². The molecule has 0 aromatic rings. The lowest BCUT2D eigenvalue weighted by molar-refractivity contribution is 1.14. The van der Waals surface area contributed by atoms with Crippen molar-refractivity contribution in [2.45, 2.75) is 6.92 Å².